The van der Waals surface area contributed by atoms with E-state index in [9.17, 15) is 4.79 Å². The number of hydrazone groups is 1. The molecular weight excluding hydrogens is 258 g/mol. The molecule has 0 spiro atoms. The summed E-state index contributed by atoms with van der Waals surface area (Å²) in [6, 6.07) is 8.02. The van der Waals surface area contributed by atoms with Gasteiger partial charge in [0.25, 0.3) is 5.91 Å². The molecule has 1 aromatic carbocycles. The molecule has 7 nitrogen and oxygen atoms in total. The van der Waals surface area contributed by atoms with Gasteiger partial charge in [0.2, 0.25) is 5.71 Å². The van der Waals surface area contributed by atoms with Crippen molar-refractivity contribution in [3.8, 4) is 17.9 Å². The Labute approximate surface area is 116 Å². The summed E-state index contributed by atoms with van der Waals surface area (Å²) in [7, 11) is 4.73. The maximum absolute atomic E-state index is 12.0. The Morgan fingerprint density at radius 2 is 2.00 bits per heavy atom. The number of rotatable bonds is 4. The van der Waals surface area contributed by atoms with Gasteiger partial charge in [-0.15, -0.1) is 0 Å². The Morgan fingerprint density at radius 1 is 1.35 bits per heavy atom. The Kier molecular flexibility index (Phi) is 5.07. The highest BCUT2D eigenvalue weighted by Gasteiger charge is 2.14. The van der Waals surface area contributed by atoms with E-state index in [2.05, 4.69) is 10.5 Å². The molecule has 1 amide bonds. The highest BCUT2D eigenvalue weighted by molar-refractivity contribution is 6.10. The van der Waals surface area contributed by atoms with Gasteiger partial charge in [-0.2, -0.15) is 15.6 Å². The average molecular weight is 271 g/mol. The van der Waals surface area contributed by atoms with E-state index < -0.39 is 0 Å². The number of nitrogens with zero attached hydrogens (tertiary/aromatic N) is 4. The van der Waals surface area contributed by atoms with E-state index in [-0.39, 0.29) is 11.6 Å². The van der Waals surface area contributed by atoms with Crippen LogP contribution >= 0.6 is 0 Å². The minimum atomic E-state index is -0.304. The Hall–Kier alpha value is -3.06. The van der Waals surface area contributed by atoms with E-state index in [4.69, 9.17) is 15.3 Å². The zero-order valence-electron chi connectivity index (χ0n) is 11.3. The highest BCUT2D eigenvalue weighted by atomic mass is 16.5. The summed E-state index contributed by atoms with van der Waals surface area (Å²) in [5.74, 6) is 0.203. The molecule has 0 saturated carbocycles. The fourth-order valence-electron chi connectivity index (χ4n) is 1.38. The van der Waals surface area contributed by atoms with Crippen molar-refractivity contribution in [2.45, 2.75) is 0 Å². The van der Waals surface area contributed by atoms with Gasteiger partial charge in [0.1, 0.15) is 17.9 Å². The van der Waals surface area contributed by atoms with Gasteiger partial charge in [0.15, 0.2) is 0 Å². The summed E-state index contributed by atoms with van der Waals surface area (Å²) in [6.45, 7) is 0. The van der Waals surface area contributed by atoms with Crippen molar-refractivity contribution in [1.82, 2.24) is 4.90 Å². The predicted octanol–water partition coefficient (Wildman–Crippen LogP) is 1.21. The number of nitriles is 2. The number of anilines is 1. The van der Waals surface area contributed by atoms with Crippen LogP contribution in [0.5, 0.6) is 5.75 Å². The number of methoxy groups -OCH3 is 1. The van der Waals surface area contributed by atoms with Gasteiger partial charge in [0.05, 0.1) is 18.4 Å². The molecule has 1 aromatic rings. The molecule has 0 heterocycles. The molecule has 1 rings (SSSR count). The molecular formula is C13H13N5O2. The third-order valence-corrected chi connectivity index (χ3v) is 2.34. The van der Waals surface area contributed by atoms with Gasteiger partial charge in [-0.1, -0.05) is 0 Å². The van der Waals surface area contributed by atoms with Crippen LogP contribution in [0.15, 0.2) is 23.3 Å². The summed E-state index contributed by atoms with van der Waals surface area (Å²) in [4.78, 5) is 13.4. The van der Waals surface area contributed by atoms with Crippen molar-refractivity contribution in [3.63, 3.8) is 0 Å². The normalized spacial score (nSPS) is 8.85. The number of hydrogen-bond donors (Lipinski definition) is 1. The van der Waals surface area contributed by atoms with Gasteiger partial charge in [-0.05, 0) is 18.2 Å². The van der Waals surface area contributed by atoms with E-state index in [1.807, 2.05) is 0 Å². The summed E-state index contributed by atoms with van der Waals surface area (Å²) in [5.41, 5.74) is 3.07. The lowest BCUT2D eigenvalue weighted by atomic mass is 10.1. The number of ether oxygens (including phenoxy) is 1. The van der Waals surface area contributed by atoms with Crippen molar-refractivity contribution in [1.29, 1.82) is 10.5 Å². The van der Waals surface area contributed by atoms with Crippen LogP contribution in [0.2, 0.25) is 0 Å². The quantitative estimate of drug-likeness (QED) is 0.655. The van der Waals surface area contributed by atoms with Gasteiger partial charge in [-0.3, -0.25) is 10.2 Å². The van der Waals surface area contributed by atoms with Crippen LogP contribution < -0.4 is 10.2 Å². The maximum atomic E-state index is 12.0. The summed E-state index contributed by atoms with van der Waals surface area (Å²) >= 11 is 0. The molecule has 0 radical (unpaired) electrons. The number of hydrogen-bond acceptors (Lipinski definition) is 6. The maximum Gasteiger partial charge on any atom is 0.257 e. The third-order valence-electron chi connectivity index (χ3n) is 2.34. The lowest BCUT2D eigenvalue weighted by molar-refractivity contribution is 0.0824. The molecule has 7 heteroatoms. The monoisotopic (exact) mass is 271 g/mol. The van der Waals surface area contributed by atoms with Crippen molar-refractivity contribution in [2.75, 3.05) is 26.6 Å². The fourth-order valence-corrected chi connectivity index (χ4v) is 1.38. The smallest absolute Gasteiger partial charge is 0.257 e. The van der Waals surface area contributed by atoms with Crippen molar-refractivity contribution < 1.29 is 9.53 Å². The van der Waals surface area contributed by atoms with E-state index in [0.29, 0.717) is 17.0 Å². The Bertz CT molecular complexity index is 607. The van der Waals surface area contributed by atoms with Gasteiger partial charge in [-0.25, -0.2) is 0 Å². The van der Waals surface area contributed by atoms with E-state index in [0.717, 1.165) is 0 Å². The number of carbonyl (C=O) groups is 1. The molecule has 0 aromatic heterocycles. The molecule has 0 fully saturated rings. The van der Waals surface area contributed by atoms with E-state index in [1.54, 1.807) is 38.4 Å². The summed E-state index contributed by atoms with van der Waals surface area (Å²) in [5, 5.41) is 20.8. The minimum Gasteiger partial charge on any atom is -0.496 e. The van der Waals surface area contributed by atoms with Gasteiger partial charge < -0.3 is 9.64 Å². The second-order valence-corrected chi connectivity index (χ2v) is 3.91. The first-order valence-corrected chi connectivity index (χ1v) is 5.57. The van der Waals surface area contributed by atoms with Crippen LogP contribution in [-0.2, 0) is 0 Å². The van der Waals surface area contributed by atoms with Crippen LogP contribution in [0.25, 0.3) is 0 Å². The van der Waals surface area contributed by atoms with E-state index in [1.165, 1.54) is 18.1 Å². The average Bonchev–Trinajstić information content (AvgIpc) is 2.47. The molecule has 0 saturated heterocycles. The molecule has 0 aliphatic carbocycles. The Balaban J connectivity index is 3.12. The largest absolute Gasteiger partial charge is 0.496 e. The molecule has 20 heavy (non-hydrogen) atoms. The second kappa shape index (κ2) is 6.76. The summed E-state index contributed by atoms with van der Waals surface area (Å²) < 4.78 is 5.12. The zero-order chi connectivity index (χ0) is 15.1. The zero-order valence-corrected chi connectivity index (χ0v) is 11.3. The lowest BCUT2D eigenvalue weighted by Gasteiger charge is -2.14. The molecule has 0 aliphatic heterocycles. The van der Waals surface area contributed by atoms with Gasteiger partial charge >= 0.3 is 0 Å². The number of benzene rings is 1. The summed E-state index contributed by atoms with van der Waals surface area (Å²) in [6.07, 6.45) is 0. The first-order chi connectivity index (χ1) is 9.53. The fraction of sp³-hybridized carbons (Fsp3) is 0.231. The van der Waals surface area contributed by atoms with Crippen molar-refractivity contribution >= 4 is 17.3 Å². The SMILES string of the molecule is COc1ccc(NN=C(C#N)C#N)cc1C(=O)N(C)C. The topological polar surface area (TPSA) is 102 Å². The third kappa shape index (κ3) is 3.47. The molecule has 0 unspecified atom stereocenters. The van der Waals surface area contributed by atoms with Crippen LogP contribution in [0.4, 0.5) is 5.69 Å². The standard InChI is InChI=1S/C13H13N5O2/c1-18(2)13(19)11-6-9(4-5-12(11)20-3)16-17-10(7-14)8-15/h4-6,16H,1-3H3. The Morgan fingerprint density at radius 3 is 2.50 bits per heavy atom. The van der Waals surface area contributed by atoms with Crippen molar-refractivity contribution in [2.24, 2.45) is 5.10 Å². The lowest BCUT2D eigenvalue weighted by Crippen LogP contribution is -2.22. The van der Waals surface area contributed by atoms with Crippen LogP contribution in [-0.4, -0.2) is 37.7 Å². The number of nitrogens with one attached hydrogen (secondary N) is 1. The van der Waals surface area contributed by atoms with Crippen molar-refractivity contribution in [3.05, 3.63) is 23.8 Å². The first kappa shape index (κ1) is 15.0. The van der Waals surface area contributed by atoms with E-state index >= 15 is 0 Å². The molecule has 0 bridgehead atoms. The van der Waals surface area contributed by atoms with Gasteiger partial charge in [0, 0.05) is 14.1 Å². The molecule has 0 aliphatic rings. The molecule has 1 N–H and O–H groups in total. The van der Waals surface area contributed by atoms with Crippen LogP contribution in [0.3, 0.4) is 0 Å². The molecule has 102 valence electrons. The minimum absolute atomic E-state index is 0.227. The number of carbonyl (C=O) groups excluding carboxylic acids is 1. The number of amides is 1. The second-order valence-electron chi connectivity index (χ2n) is 3.91. The van der Waals surface area contributed by atoms with Crippen LogP contribution in [0.1, 0.15) is 10.4 Å². The van der Waals surface area contributed by atoms with Crippen LogP contribution in [0, 0.1) is 22.7 Å². The predicted molar refractivity (Wildman–Crippen MR) is 73.3 cm³/mol. The first-order valence-electron chi connectivity index (χ1n) is 5.57. The highest BCUT2D eigenvalue weighted by Crippen LogP contribution is 2.23. The molecule has 0 atom stereocenters.